The van der Waals surface area contributed by atoms with Crippen molar-refractivity contribution < 1.29 is 0 Å². The number of thiazole rings is 1. The Hall–Kier alpha value is -1.99. The number of hydrogen-bond acceptors (Lipinski definition) is 4. The molecule has 2 heterocycles. The van der Waals surface area contributed by atoms with Crippen molar-refractivity contribution in [1.82, 2.24) is 19.9 Å². The molecular formula is C14H15N5S2. The number of aromatic nitrogens is 3. The minimum absolute atomic E-state index is 0.515. The van der Waals surface area contributed by atoms with Gasteiger partial charge >= 0.3 is 0 Å². The van der Waals surface area contributed by atoms with Crippen LogP contribution in [0.2, 0.25) is 0 Å². The van der Waals surface area contributed by atoms with E-state index in [0.29, 0.717) is 11.1 Å². The summed E-state index contributed by atoms with van der Waals surface area (Å²) < 4.78 is 1.84. The van der Waals surface area contributed by atoms with E-state index in [1.165, 1.54) is 5.56 Å². The van der Waals surface area contributed by atoms with E-state index in [0.717, 1.165) is 22.8 Å². The van der Waals surface area contributed by atoms with Gasteiger partial charge in [0.05, 0.1) is 5.69 Å². The molecule has 3 aromatic rings. The summed E-state index contributed by atoms with van der Waals surface area (Å²) in [6, 6.07) is 8.37. The monoisotopic (exact) mass is 317 g/mol. The molecule has 0 saturated carbocycles. The lowest BCUT2D eigenvalue weighted by Crippen LogP contribution is -2.28. The van der Waals surface area contributed by atoms with Gasteiger partial charge in [-0.3, -0.25) is 5.32 Å². The Morgan fingerprint density at radius 2 is 2.10 bits per heavy atom. The summed E-state index contributed by atoms with van der Waals surface area (Å²) in [5.74, 6) is 0.515. The maximum atomic E-state index is 5.15. The molecule has 0 fully saturated rings. The smallest absolute Gasteiger partial charge is 0.250 e. The Morgan fingerprint density at radius 1 is 1.33 bits per heavy atom. The van der Waals surface area contributed by atoms with Crippen LogP contribution in [0.1, 0.15) is 12.5 Å². The van der Waals surface area contributed by atoms with Gasteiger partial charge in [0.15, 0.2) is 5.11 Å². The largest absolute Gasteiger partial charge is 0.363 e. The molecule has 5 nitrogen and oxygen atoms in total. The van der Waals surface area contributed by atoms with Crippen molar-refractivity contribution in [3.05, 3.63) is 35.2 Å². The van der Waals surface area contributed by atoms with E-state index in [4.69, 9.17) is 12.2 Å². The van der Waals surface area contributed by atoms with Crippen LogP contribution in [0.3, 0.4) is 0 Å². The van der Waals surface area contributed by atoms with Gasteiger partial charge in [0.2, 0.25) is 10.9 Å². The Morgan fingerprint density at radius 3 is 2.81 bits per heavy atom. The first-order chi connectivity index (χ1) is 10.2. The quantitative estimate of drug-likeness (QED) is 0.727. The van der Waals surface area contributed by atoms with Gasteiger partial charge in [0.25, 0.3) is 0 Å². The van der Waals surface area contributed by atoms with Crippen molar-refractivity contribution in [2.24, 2.45) is 0 Å². The van der Waals surface area contributed by atoms with E-state index in [-0.39, 0.29) is 0 Å². The number of anilines is 1. The molecule has 0 aliphatic heterocycles. The average molecular weight is 317 g/mol. The van der Waals surface area contributed by atoms with Crippen molar-refractivity contribution >= 4 is 39.6 Å². The van der Waals surface area contributed by atoms with Crippen LogP contribution >= 0.6 is 23.6 Å². The molecule has 0 unspecified atom stereocenters. The summed E-state index contributed by atoms with van der Waals surface area (Å²) in [5, 5.41) is 13.1. The third kappa shape index (κ3) is 2.88. The van der Waals surface area contributed by atoms with E-state index in [1.54, 1.807) is 11.3 Å². The van der Waals surface area contributed by atoms with E-state index in [2.05, 4.69) is 57.3 Å². The molecule has 21 heavy (non-hydrogen) atoms. The minimum atomic E-state index is 0.515. The molecule has 2 N–H and O–H groups in total. The van der Waals surface area contributed by atoms with Crippen LogP contribution in [-0.2, 0) is 0 Å². The first-order valence-corrected chi connectivity index (χ1v) is 7.92. The normalized spacial score (nSPS) is 10.8. The van der Waals surface area contributed by atoms with Crippen LogP contribution in [0.4, 0.5) is 5.95 Å². The summed E-state index contributed by atoms with van der Waals surface area (Å²) in [7, 11) is 0. The fraction of sp³-hybridized carbons (Fsp3) is 0.214. The van der Waals surface area contributed by atoms with Crippen LogP contribution < -0.4 is 10.6 Å². The molecule has 0 atom stereocenters. The lowest BCUT2D eigenvalue weighted by atomic mass is 10.1. The van der Waals surface area contributed by atoms with Gasteiger partial charge in [-0.1, -0.05) is 29.8 Å². The van der Waals surface area contributed by atoms with E-state index < -0.39 is 0 Å². The fourth-order valence-corrected chi connectivity index (χ4v) is 3.03. The van der Waals surface area contributed by atoms with Gasteiger partial charge in [-0.2, -0.15) is 4.98 Å². The molecule has 1 aromatic carbocycles. The molecule has 0 saturated heterocycles. The third-order valence-corrected chi connectivity index (χ3v) is 4.05. The standard InChI is InChI=1S/C14H15N5S2/c1-3-15-13(20)16-12-17-14-19(18-12)11(8-21-14)10-6-4-9(2)5-7-10/h4-8H,3H2,1-2H3,(H2,15,16,18,20). The number of nitrogens with zero attached hydrogens (tertiary/aromatic N) is 3. The Labute approximate surface area is 132 Å². The molecule has 108 valence electrons. The molecular weight excluding hydrogens is 302 g/mol. The third-order valence-electron chi connectivity index (χ3n) is 2.99. The zero-order valence-electron chi connectivity index (χ0n) is 11.8. The molecule has 0 spiro atoms. The lowest BCUT2D eigenvalue weighted by Gasteiger charge is -2.03. The molecule has 0 aliphatic carbocycles. The molecule has 2 aromatic heterocycles. The molecule has 0 radical (unpaired) electrons. The predicted molar refractivity (Wildman–Crippen MR) is 90.9 cm³/mol. The number of hydrogen-bond donors (Lipinski definition) is 2. The molecule has 7 heteroatoms. The molecule has 3 rings (SSSR count). The van der Waals surface area contributed by atoms with Crippen molar-refractivity contribution in [2.45, 2.75) is 13.8 Å². The zero-order chi connectivity index (χ0) is 14.8. The zero-order valence-corrected chi connectivity index (χ0v) is 13.4. The average Bonchev–Trinajstić information content (AvgIpc) is 3.00. The maximum absolute atomic E-state index is 5.15. The highest BCUT2D eigenvalue weighted by molar-refractivity contribution is 7.80. The second-order valence-corrected chi connectivity index (χ2v) is 5.85. The lowest BCUT2D eigenvalue weighted by molar-refractivity contribution is 0.965. The first-order valence-electron chi connectivity index (χ1n) is 6.63. The first kappa shape index (κ1) is 14.0. The van der Waals surface area contributed by atoms with E-state index in [1.807, 2.05) is 11.4 Å². The van der Waals surface area contributed by atoms with Crippen LogP contribution in [0.25, 0.3) is 16.2 Å². The number of benzene rings is 1. The minimum Gasteiger partial charge on any atom is -0.363 e. The van der Waals surface area contributed by atoms with Crippen molar-refractivity contribution in [3.8, 4) is 11.3 Å². The summed E-state index contributed by atoms with van der Waals surface area (Å²) in [4.78, 5) is 5.27. The SMILES string of the molecule is CCNC(=S)Nc1nc2scc(-c3ccc(C)cc3)n2n1. The van der Waals surface area contributed by atoms with Crippen molar-refractivity contribution in [1.29, 1.82) is 0 Å². The van der Waals surface area contributed by atoms with Gasteiger partial charge in [0.1, 0.15) is 0 Å². The highest BCUT2D eigenvalue weighted by atomic mass is 32.1. The molecule has 0 bridgehead atoms. The number of nitrogens with one attached hydrogen (secondary N) is 2. The highest BCUT2D eigenvalue weighted by Crippen LogP contribution is 2.26. The van der Waals surface area contributed by atoms with Crippen molar-refractivity contribution in [2.75, 3.05) is 11.9 Å². The van der Waals surface area contributed by atoms with Crippen LogP contribution in [0, 0.1) is 6.92 Å². The number of thiocarbonyl (C=S) groups is 1. The highest BCUT2D eigenvalue weighted by Gasteiger charge is 2.11. The van der Waals surface area contributed by atoms with Gasteiger partial charge in [-0.05, 0) is 26.1 Å². The van der Waals surface area contributed by atoms with Gasteiger partial charge in [-0.15, -0.1) is 16.4 Å². The van der Waals surface area contributed by atoms with E-state index >= 15 is 0 Å². The van der Waals surface area contributed by atoms with Crippen LogP contribution in [0.5, 0.6) is 0 Å². The second kappa shape index (κ2) is 5.79. The summed E-state index contributed by atoms with van der Waals surface area (Å²) in [6.45, 7) is 4.83. The molecule has 0 amide bonds. The fourth-order valence-electron chi connectivity index (χ4n) is 1.96. The van der Waals surface area contributed by atoms with Crippen LogP contribution in [0.15, 0.2) is 29.6 Å². The Kier molecular flexibility index (Phi) is 3.85. The summed E-state index contributed by atoms with van der Waals surface area (Å²) in [6.07, 6.45) is 0. The summed E-state index contributed by atoms with van der Waals surface area (Å²) >= 11 is 6.71. The van der Waals surface area contributed by atoms with Gasteiger partial charge in [-0.25, -0.2) is 4.52 Å². The number of aryl methyl sites for hydroxylation is 1. The second-order valence-electron chi connectivity index (χ2n) is 4.60. The predicted octanol–water partition coefficient (Wildman–Crippen LogP) is 3.07. The molecule has 0 aliphatic rings. The van der Waals surface area contributed by atoms with E-state index in [9.17, 15) is 0 Å². The Balaban J connectivity index is 1.93. The van der Waals surface area contributed by atoms with Crippen molar-refractivity contribution in [3.63, 3.8) is 0 Å². The van der Waals surface area contributed by atoms with Gasteiger partial charge < -0.3 is 5.32 Å². The number of rotatable bonds is 3. The number of fused-ring (bicyclic) bond motifs is 1. The van der Waals surface area contributed by atoms with Crippen LogP contribution in [-0.4, -0.2) is 26.3 Å². The summed E-state index contributed by atoms with van der Waals surface area (Å²) in [5.41, 5.74) is 3.39. The topological polar surface area (TPSA) is 54.2 Å². The van der Waals surface area contributed by atoms with Gasteiger partial charge in [0, 0.05) is 17.5 Å². The maximum Gasteiger partial charge on any atom is 0.250 e. The Bertz CT molecular complexity index is 772.